The number of oxazole rings is 1. The molecule has 0 spiro atoms. The fraction of sp³-hybridized carbons (Fsp3) is 0.258. The van der Waals surface area contributed by atoms with Gasteiger partial charge in [0.15, 0.2) is 0 Å². The number of benzene rings is 3. The molecule has 1 amide bonds. The van der Waals surface area contributed by atoms with Crippen molar-refractivity contribution in [2.75, 3.05) is 13.2 Å². The average molecular weight is 513 g/mol. The maximum absolute atomic E-state index is 12.3. The van der Waals surface area contributed by atoms with Crippen LogP contribution in [0.15, 0.2) is 83.3 Å². The highest BCUT2D eigenvalue weighted by Gasteiger charge is 2.12. The molecule has 4 aromatic rings. The van der Waals surface area contributed by atoms with E-state index in [0.717, 1.165) is 33.7 Å². The van der Waals surface area contributed by atoms with Crippen LogP contribution in [-0.2, 0) is 35.3 Å². The molecule has 7 nitrogen and oxygen atoms in total. The van der Waals surface area contributed by atoms with E-state index in [1.165, 1.54) is 0 Å². The van der Waals surface area contributed by atoms with Crippen LogP contribution >= 0.6 is 0 Å². The lowest BCUT2D eigenvalue weighted by atomic mass is 10.00. The molecule has 0 radical (unpaired) electrons. The van der Waals surface area contributed by atoms with E-state index in [-0.39, 0.29) is 12.3 Å². The first-order chi connectivity index (χ1) is 18.5. The Kier molecular flexibility index (Phi) is 9.29. The molecule has 7 heteroatoms. The molecule has 0 bridgehead atoms. The van der Waals surface area contributed by atoms with Crippen molar-refractivity contribution in [3.8, 4) is 17.2 Å². The molecule has 0 aliphatic heterocycles. The van der Waals surface area contributed by atoms with Gasteiger partial charge in [0.2, 0.25) is 11.8 Å². The van der Waals surface area contributed by atoms with Crippen molar-refractivity contribution in [2.45, 2.75) is 39.0 Å². The number of nitrogens with zero attached hydrogens (tertiary/aromatic N) is 1. The normalized spacial score (nSPS) is 10.8. The molecule has 38 heavy (non-hydrogen) atoms. The zero-order chi connectivity index (χ0) is 26.7. The zero-order valence-corrected chi connectivity index (χ0v) is 21.5. The van der Waals surface area contributed by atoms with Gasteiger partial charge in [-0.15, -0.1) is 0 Å². The molecule has 1 heterocycles. The first kappa shape index (κ1) is 26.7. The van der Waals surface area contributed by atoms with Gasteiger partial charge in [0.1, 0.15) is 11.5 Å². The third-order valence-corrected chi connectivity index (χ3v) is 6.23. The number of aliphatic carboxylic acids is 1. The highest BCUT2D eigenvalue weighted by molar-refractivity contribution is 5.78. The molecule has 0 fully saturated rings. The van der Waals surface area contributed by atoms with Gasteiger partial charge >= 0.3 is 5.97 Å². The molecule has 4 rings (SSSR count). The van der Waals surface area contributed by atoms with E-state index in [4.69, 9.17) is 14.3 Å². The Hall–Kier alpha value is -4.39. The SMILES string of the molecule is Cc1oc(-c2ccccc2)nc1CCOc1ccc(CCC(=O)O)c(CCNC(=O)Cc2ccccc2)c1. The number of carboxylic acid groups (broad SMARTS) is 1. The number of carbonyl (C=O) groups excluding carboxylic acids is 1. The van der Waals surface area contributed by atoms with Crippen molar-refractivity contribution in [3.63, 3.8) is 0 Å². The fourth-order valence-electron chi connectivity index (χ4n) is 4.22. The smallest absolute Gasteiger partial charge is 0.303 e. The molecular formula is C31H32N2O5. The number of carboxylic acids is 1. The summed E-state index contributed by atoms with van der Waals surface area (Å²) in [6.45, 7) is 2.77. The Balaban J connectivity index is 1.35. The van der Waals surface area contributed by atoms with Crippen LogP contribution in [0.1, 0.15) is 34.6 Å². The predicted molar refractivity (Wildman–Crippen MR) is 145 cm³/mol. The Morgan fingerprint density at radius 3 is 2.39 bits per heavy atom. The van der Waals surface area contributed by atoms with E-state index in [2.05, 4.69) is 10.3 Å². The number of ether oxygens (including phenoxy) is 1. The van der Waals surface area contributed by atoms with Gasteiger partial charge < -0.3 is 19.6 Å². The monoisotopic (exact) mass is 512 g/mol. The predicted octanol–water partition coefficient (Wildman–Crippen LogP) is 5.19. The summed E-state index contributed by atoms with van der Waals surface area (Å²) in [6, 6.07) is 25.1. The van der Waals surface area contributed by atoms with Crippen molar-refractivity contribution in [3.05, 3.63) is 107 Å². The lowest BCUT2D eigenvalue weighted by molar-refractivity contribution is -0.137. The van der Waals surface area contributed by atoms with E-state index in [9.17, 15) is 9.59 Å². The molecule has 2 N–H and O–H groups in total. The Labute approximate surface area is 222 Å². The highest BCUT2D eigenvalue weighted by Crippen LogP contribution is 2.23. The minimum atomic E-state index is -0.842. The Bertz CT molecular complexity index is 1350. The van der Waals surface area contributed by atoms with Gasteiger partial charge in [-0.3, -0.25) is 9.59 Å². The van der Waals surface area contributed by atoms with E-state index in [1.807, 2.05) is 85.8 Å². The second kappa shape index (κ2) is 13.2. The summed E-state index contributed by atoms with van der Waals surface area (Å²) in [4.78, 5) is 28.1. The van der Waals surface area contributed by atoms with Crippen molar-refractivity contribution in [1.29, 1.82) is 0 Å². The van der Waals surface area contributed by atoms with Crippen LogP contribution in [0.3, 0.4) is 0 Å². The van der Waals surface area contributed by atoms with Crippen molar-refractivity contribution in [1.82, 2.24) is 10.3 Å². The molecule has 0 saturated heterocycles. The van der Waals surface area contributed by atoms with Gasteiger partial charge in [0, 0.05) is 24.9 Å². The van der Waals surface area contributed by atoms with Crippen molar-refractivity contribution in [2.24, 2.45) is 0 Å². The maximum atomic E-state index is 12.3. The molecule has 0 atom stereocenters. The van der Waals surface area contributed by atoms with Crippen LogP contribution in [0.4, 0.5) is 0 Å². The molecule has 3 aromatic carbocycles. The minimum absolute atomic E-state index is 0.0444. The van der Waals surface area contributed by atoms with Crippen LogP contribution < -0.4 is 10.1 Å². The second-order valence-electron chi connectivity index (χ2n) is 9.07. The average Bonchev–Trinajstić information content (AvgIpc) is 3.29. The van der Waals surface area contributed by atoms with E-state index in [1.54, 1.807) is 0 Å². The third-order valence-electron chi connectivity index (χ3n) is 6.23. The summed E-state index contributed by atoms with van der Waals surface area (Å²) in [5, 5.41) is 12.1. The topological polar surface area (TPSA) is 102 Å². The van der Waals surface area contributed by atoms with E-state index < -0.39 is 5.97 Å². The third kappa shape index (κ3) is 7.80. The summed E-state index contributed by atoms with van der Waals surface area (Å²) in [5.74, 6) is 1.17. The number of hydrogen-bond acceptors (Lipinski definition) is 5. The van der Waals surface area contributed by atoms with Crippen LogP contribution in [-0.4, -0.2) is 35.1 Å². The van der Waals surface area contributed by atoms with Gasteiger partial charge in [0.25, 0.3) is 0 Å². The second-order valence-corrected chi connectivity index (χ2v) is 9.07. The summed E-state index contributed by atoms with van der Waals surface area (Å²) in [7, 11) is 0. The molecule has 196 valence electrons. The first-order valence-electron chi connectivity index (χ1n) is 12.8. The summed E-state index contributed by atoms with van der Waals surface area (Å²) >= 11 is 0. The van der Waals surface area contributed by atoms with E-state index in [0.29, 0.717) is 50.5 Å². The molecule has 0 saturated carbocycles. The van der Waals surface area contributed by atoms with Gasteiger partial charge in [-0.25, -0.2) is 4.98 Å². The van der Waals surface area contributed by atoms with Crippen LogP contribution in [0.25, 0.3) is 11.5 Å². The molecular weight excluding hydrogens is 480 g/mol. The van der Waals surface area contributed by atoms with Crippen molar-refractivity contribution >= 4 is 11.9 Å². The maximum Gasteiger partial charge on any atom is 0.303 e. The van der Waals surface area contributed by atoms with Crippen LogP contribution in [0.5, 0.6) is 5.75 Å². The van der Waals surface area contributed by atoms with Crippen LogP contribution in [0, 0.1) is 6.92 Å². The summed E-state index contributed by atoms with van der Waals surface area (Å²) in [6.07, 6.45) is 1.96. The quantitative estimate of drug-likeness (QED) is 0.256. The number of carbonyl (C=O) groups is 2. The number of nitrogens with one attached hydrogen (secondary N) is 1. The molecule has 0 aliphatic rings. The lowest BCUT2D eigenvalue weighted by Crippen LogP contribution is -2.27. The number of amides is 1. The molecule has 0 unspecified atom stereocenters. The van der Waals surface area contributed by atoms with Gasteiger partial charge in [-0.05, 0) is 60.7 Å². The van der Waals surface area contributed by atoms with Crippen molar-refractivity contribution < 1.29 is 23.8 Å². The standard InChI is InChI=1S/C31H32N2O5/c1-22-28(33-31(38-22)25-10-6-3-7-11-25)17-19-37-27-14-12-24(13-15-30(35)36)26(21-27)16-18-32-29(34)20-23-8-4-2-5-9-23/h2-12,14,21H,13,15-20H2,1H3,(H,32,34)(H,35,36). The minimum Gasteiger partial charge on any atom is -0.493 e. The van der Waals surface area contributed by atoms with Crippen LogP contribution in [0.2, 0.25) is 0 Å². The highest BCUT2D eigenvalue weighted by atomic mass is 16.5. The molecule has 0 aliphatic carbocycles. The van der Waals surface area contributed by atoms with Gasteiger partial charge in [0.05, 0.1) is 18.7 Å². The Morgan fingerprint density at radius 1 is 0.921 bits per heavy atom. The van der Waals surface area contributed by atoms with Gasteiger partial charge in [-0.2, -0.15) is 0 Å². The van der Waals surface area contributed by atoms with E-state index >= 15 is 0 Å². The number of aromatic nitrogens is 1. The van der Waals surface area contributed by atoms with Gasteiger partial charge in [-0.1, -0.05) is 54.6 Å². The number of aryl methyl sites for hydroxylation is 2. The lowest BCUT2D eigenvalue weighted by Gasteiger charge is -2.13. The Morgan fingerprint density at radius 2 is 1.66 bits per heavy atom. The number of rotatable bonds is 13. The largest absolute Gasteiger partial charge is 0.493 e. The molecule has 1 aromatic heterocycles. The summed E-state index contributed by atoms with van der Waals surface area (Å²) in [5.41, 5.74) is 4.65. The zero-order valence-electron chi connectivity index (χ0n) is 21.5. The fourth-order valence-corrected chi connectivity index (χ4v) is 4.22. The number of hydrogen-bond donors (Lipinski definition) is 2. The first-order valence-corrected chi connectivity index (χ1v) is 12.8. The summed E-state index contributed by atoms with van der Waals surface area (Å²) < 4.78 is 11.9.